The van der Waals surface area contributed by atoms with Crippen molar-refractivity contribution in [3.8, 4) is 11.5 Å². The molecule has 0 aliphatic heterocycles. The summed E-state index contributed by atoms with van der Waals surface area (Å²) in [7, 11) is 3.07. The Morgan fingerprint density at radius 2 is 1.61 bits per heavy atom. The third kappa shape index (κ3) is 6.08. The summed E-state index contributed by atoms with van der Waals surface area (Å²) in [6.07, 6.45) is 0. The van der Waals surface area contributed by atoms with Gasteiger partial charge in [-0.3, -0.25) is 9.59 Å². The molecule has 1 atom stereocenters. The zero-order chi connectivity index (χ0) is 24.0. The number of nitrogens with one attached hydrogen (secondary N) is 2. The second kappa shape index (κ2) is 10.9. The lowest BCUT2D eigenvalue weighted by Crippen LogP contribution is -2.23. The first-order valence-electron chi connectivity index (χ1n) is 10.5. The van der Waals surface area contributed by atoms with E-state index in [0.717, 1.165) is 21.7 Å². The number of rotatable bonds is 8. The van der Waals surface area contributed by atoms with Gasteiger partial charge in [0.2, 0.25) is 5.91 Å². The van der Waals surface area contributed by atoms with E-state index in [-0.39, 0.29) is 17.1 Å². The first-order chi connectivity index (χ1) is 15.8. The highest BCUT2D eigenvalue weighted by atomic mass is 32.2. The Labute approximate surface area is 198 Å². The largest absolute Gasteiger partial charge is 0.493 e. The van der Waals surface area contributed by atoms with Crippen molar-refractivity contribution in [3.63, 3.8) is 0 Å². The highest BCUT2D eigenvalue weighted by Gasteiger charge is 2.17. The molecule has 3 aromatic rings. The first kappa shape index (κ1) is 24.2. The van der Waals surface area contributed by atoms with Crippen LogP contribution in [-0.4, -0.2) is 31.3 Å². The van der Waals surface area contributed by atoms with Crippen LogP contribution in [0.2, 0.25) is 0 Å². The number of hydrogen-bond acceptors (Lipinski definition) is 5. The van der Waals surface area contributed by atoms with E-state index < -0.39 is 0 Å². The van der Waals surface area contributed by atoms with E-state index in [2.05, 4.69) is 10.6 Å². The van der Waals surface area contributed by atoms with Gasteiger partial charge in [0.15, 0.2) is 11.5 Å². The third-order valence-corrected chi connectivity index (χ3v) is 6.38. The zero-order valence-corrected chi connectivity index (χ0v) is 20.2. The van der Waals surface area contributed by atoms with Crippen molar-refractivity contribution < 1.29 is 19.1 Å². The van der Waals surface area contributed by atoms with Crippen molar-refractivity contribution in [3.05, 3.63) is 77.4 Å². The molecule has 0 heterocycles. The van der Waals surface area contributed by atoms with Crippen molar-refractivity contribution in [2.75, 3.05) is 24.9 Å². The van der Waals surface area contributed by atoms with Gasteiger partial charge in [-0.15, -0.1) is 11.8 Å². The van der Waals surface area contributed by atoms with Crippen molar-refractivity contribution in [2.45, 2.75) is 30.9 Å². The summed E-state index contributed by atoms with van der Waals surface area (Å²) in [4.78, 5) is 26.3. The summed E-state index contributed by atoms with van der Waals surface area (Å²) < 4.78 is 10.5. The van der Waals surface area contributed by atoms with Crippen LogP contribution in [0.25, 0.3) is 0 Å². The van der Waals surface area contributed by atoms with E-state index in [4.69, 9.17) is 9.47 Å². The van der Waals surface area contributed by atoms with E-state index in [0.29, 0.717) is 22.7 Å². The summed E-state index contributed by atoms with van der Waals surface area (Å²) in [5, 5.41) is 5.58. The van der Waals surface area contributed by atoms with Gasteiger partial charge in [0.05, 0.1) is 19.5 Å². The van der Waals surface area contributed by atoms with E-state index >= 15 is 0 Å². The average Bonchev–Trinajstić information content (AvgIpc) is 2.81. The summed E-state index contributed by atoms with van der Waals surface area (Å²) in [5.41, 5.74) is 4.10. The van der Waals surface area contributed by atoms with Crippen molar-refractivity contribution >= 4 is 35.0 Å². The number of amides is 2. The van der Waals surface area contributed by atoms with Crippen molar-refractivity contribution in [2.24, 2.45) is 0 Å². The van der Waals surface area contributed by atoms with Gasteiger partial charge in [-0.05, 0) is 74.4 Å². The number of methoxy groups -OCH3 is 2. The van der Waals surface area contributed by atoms with E-state index in [1.54, 1.807) is 25.3 Å². The van der Waals surface area contributed by atoms with Crippen LogP contribution < -0.4 is 20.1 Å². The summed E-state index contributed by atoms with van der Waals surface area (Å²) >= 11 is 1.43. The molecule has 3 rings (SSSR count). The van der Waals surface area contributed by atoms with Gasteiger partial charge in [0.1, 0.15) is 0 Å². The number of carbonyl (C=O) groups excluding carboxylic acids is 2. The Hall–Kier alpha value is -3.45. The summed E-state index contributed by atoms with van der Waals surface area (Å²) in [6, 6.07) is 18.3. The lowest BCUT2D eigenvalue weighted by molar-refractivity contribution is -0.115. The first-order valence-corrected chi connectivity index (χ1v) is 11.4. The predicted molar refractivity (Wildman–Crippen MR) is 134 cm³/mol. The molecule has 0 saturated heterocycles. The van der Waals surface area contributed by atoms with E-state index in [1.807, 2.05) is 63.2 Å². The second-order valence-electron chi connectivity index (χ2n) is 7.55. The minimum atomic E-state index is -0.318. The molecule has 33 heavy (non-hydrogen) atoms. The normalized spacial score (nSPS) is 11.4. The molecule has 0 saturated carbocycles. The minimum absolute atomic E-state index is 0.0755. The fraction of sp³-hybridized carbons (Fsp3) is 0.231. The molecule has 0 aliphatic carbocycles. The van der Waals surface area contributed by atoms with Gasteiger partial charge in [0.25, 0.3) is 5.91 Å². The molecule has 172 valence electrons. The van der Waals surface area contributed by atoms with Crippen molar-refractivity contribution in [1.29, 1.82) is 0 Å². The smallest absolute Gasteiger partial charge is 0.255 e. The highest BCUT2D eigenvalue weighted by molar-refractivity contribution is 8.00. The molecule has 0 spiro atoms. The molecular formula is C26H28N2O4S. The van der Waals surface area contributed by atoms with Crippen LogP contribution in [-0.2, 0) is 4.79 Å². The van der Waals surface area contributed by atoms with Crippen LogP contribution >= 0.6 is 11.8 Å². The fourth-order valence-electron chi connectivity index (χ4n) is 3.21. The predicted octanol–water partition coefficient (Wildman–Crippen LogP) is 5.69. The Morgan fingerprint density at radius 1 is 0.879 bits per heavy atom. The maximum atomic E-state index is 12.7. The lowest BCUT2D eigenvalue weighted by Gasteiger charge is -2.15. The topological polar surface area (TPSA) is 76.7 Å². The number of hydrogen-bond donors (Lipinski definition) is 2. The van der Waals surface area contributed by atoms with Crippen LogP contribution in [0, 0.1) is 13.8 Å². The van der Waals surface area contributed by atoms with Gasteiger partial charge < -0.3 is 20.1 Å². The molecular weight excluding hydrogens is 436 g/mol. The molecule has 2 N–H and O–H groups in total. The third-order valence-electron chi connectivity index (χ3n) is 5.28. The van der Waals surface area contributed by atoms with Gasteiger partial charge in [-0.2, -0.15) is 0 Å². The average molecular weight is 465 g/mol. The fourth-order valence-corrected chi connectivity index (χ4v) is 4.13. The number of benzene rings is 3. The monoisotopic (exact) mass is 464 g/mol. The van der Waals surface area contributed by atoms with E-state index in [1.165, 1.54) is 18.9 Å². The Bertz CT molecular complexity index is 1160. The molecule has 2 amide bonds. The standard InChI is InChI=1S/C26H28N2O4S/c1-16-8-6-11-22(17(16)2)28-25(29)18(3)33-21-10-7-9-20(15-21)27-26(30)19-12-13-23(31-4)24(14-19)32-5/h6-15,18H,1-5H3,(H,27,30)(H,28,29). The number of ether oxygens (including phenoxy) is 2. The molecule has 7 heteroatoms. The summed E-state index contributed by atoms with van der Waals surface area (Å²) in [6.45, 7) is 5.87. The van der Waals surface area contributed by atoms with Gasteiger partial charge in [-0.25, -0.2) is 0 Å². The highest BCUT2D eigenvalue weighted by Crippen LogP contribution is 2.29. The van der Waals surface area contributed by atoms with Gasteiger partial charge in [0, 0.05) is 21.8 Å². The number of thioether (sulfide) groups is 1. The van der Waals surface area contributed by atoms with Crippen LogP contribution in [0.4, 0.5) is 11.4 Å². The maximum Gasteiger partial charge on any atom is 0.255 e. The Balaban J connectivity index is 1.66. The molecule has 0 radical (unpaired) electrons. The quantitative estimate of drug-likeness (QED) is 0.419. The number of carbonyl (C=O) groups is 2. The van der Waals surface area contributed by atoms with Crippen LogP contribution in [0.5, 0.6) is 11.5 Å². The van der Waals surface area contributed by atoms with Gasteiger partial charge in [-0.1, -0.05) is 18.2 Å². The molecule has 3 aromatic carbocycles. The molecule has 0 bridgehead atoms. The minimum Gasteiger partial charge on any atom is -0.493 e. The number of anilines is 2. The van der Waals surface area contributed by atoms with Crippen LogP contribution in [0.3, 0.4) is 0 Å². The number of aryl methyl sites for hydroxylation is 1. The van der Waals surface area contributed by atoms with Crippen LogP contribution in [0.1, 0.15) is 28.4 Å². The van der Waals surface area contributed by atoms with Crippen molar-refractivity contribution in [1.82, 2.24) is 0 Å². The Morgan fingerprint density at radius 3 is 2.33 bits per heavy atom. The van der Waals surface area contributed by atoms with Gasteiger partial charge >= 0.3 is 0 Å². The molecule has 1 unspecified atom stereocenters. The lowest BCUT2D eigenvalue weighted by atomic mass is 10.1. The molecule has 6 nitrogen and oxygen atoms in total. The van der Waals surface area contributed by atoms with E-state index in [9.17, 15) is 9.59 Å². The Kier molecular flexibility index (Phi) is 8.01. The van der Waals surface area contributed by atoms with Crippen LogP contribution in [0.15, 0.2) is 65.6 Å². The molecule has 0 aliphatic rings. The zero-order valence-electron chi connectivity index (χ0n) is 19.4. The maximum absolute atomic E-state index is 12.7. The second-order valence-corrected chi connectivity index (χ2v) is 8.96. The SMILES string of the molecule is COc1ccc(C(=O)Nc2cccc(SC(C)C(=O)Nc3cccc(C)c3C)c2)cc1OC. The molecule has 0 aromatic heterocycles. The summed E-state index contributed by atoms with van der Waals surface area (Å²) in [5.74, 6) is 0.700. The molecule has 0 fully saturated rings.